The van der Waals surface area contributed by atoms with E-state index in [0.29, 0.717) is 17.9 Å². The summed E-state index contributed by atoms with van der Waals surface area (Å²) in [4.78, 5) is 35.9. The smallest absolute Gasteiger partial charge is 0.251 e. The van der Waals surface area contributed by atoms with Gasteiger partial charge in [0, 0.05) is 29.4 Å². The normalized spacial score (nSPS) is 12.6. The molecular weight excluding hydrogens is 336 g/mol. The molecule has 2 rings (SSSR count). The Labute approximate surface area is 151 Å². The lowest BCUT2D eigenvalue weighted by Crippen LogP contribution is -2.38. The molecule has 2 aromatic heterocycles. The third-order valence-electron chi connectivity index (χ3n) is 3.65. The molecule has 2 N–H and O–H groups in total. The molecule has 6 nitrogen and oxygen atoms in total. The summed E-state index contributed by atoms with van der Waals surface area (Å²) in [5.41, 5.74) is 0.537. The SMILES string of the molecule is CSCC[C@H](NC(=O)C(C)(C)C)c1cc(=O)[nH]c(-c2cccnc2)n1. The van der Waals surface area contributed by atoms with E-state index in [-0.39, 0.29) is 17.5 Å². The van der Waals surface area contributed by atoms with Gasteiger partial charge >= 0.3 is 0 Å². The van der Waals surface area contributed by atoms with Crippen molar-refractivity contribution in [2.75, 3.05) is 12.0 Å². The molecule has 0 aliphatic rings. The number of thioether (sulfide) groups is 1. The Morgan fingerprint density at radius 2 is 2.16 bits per heavy atom. The van der Waals surface area contributed by atoms with Crippen LogP contribution in [0.15, 0.2) is 35.4 Å². The highest BCUT2D eigenvalue weighted by Crippen LogP contribution is 2.22. The maximum absolute atomic E-state index is 12.4. The molecule has 0 radical (unpaired) electrons. The molecule has 0 unspecified atom stereocenters. The van der Waals surface area contributed by atoms with Gasteiger partial charge in [-0.25, -0.2) is 4.98 Å². The predicted octanol–water partition coefficient (Wildman–Crippen LogP) is 2.79. The van der Waals surface area contributed by atoms with Gasteiger partial charge in [0.1, 0.15) is 5.82 Å². The first-order chi connectivity index (χ1) is 11.8. The molecule has 134 valence electrons. The Morgan fingerprint density at radius 1 is 1.40 bits per heavy atom. The zero-order valence-corrected chi connectivity index (χ0v) is 15.8. The van der Waals surface area contributed by atoms with Crippen LogP contribution in [0.2, 0.25) is 0 Å². The first kappa shape index (κ1) is 19.2. The largest absolute Gasteiger partial charge is 0.347 e. The molecule has 0 fully saturated rings. The molecule has 1 amide bonds. The second-order valence-electron chi connectivity index (χ2n) is 6.82. The molecule has 0 spiro atoms. The Morgan fingerprint density at radius 3 is 2.76 bits per heavy atom. The third-order valence-corrected chi connectivity index (χ3v) is 4.29. The summed E-state index contributed by atoms with van der Waals surface area (Å²) in [6.45, 7) is 5.58. The molecule has 0 saturated carbocycles. The lowest BCUT2D eigenvalue weighted by molar-refractivity contribution is -0.129. The summed E-state index contributed by atoms with van der Waals surface area (Å²) in [5.74, 6) is 1.24. The second kappa shape index (κ2) is 8.29. The van der Waals surface area contributed by atoms with Crippen LogP contribution in [0.5, 0.6) is 0 Å². The molecule has 0 saturated heterocycles. The average Bonchev–Trinajstić information content (AvgIpc) is 2.57. The van der Waals surface area contributed by atoms with Crippen molar-refractivity contribution in [1.29, 1.82) is 0 Å². The van der Waals surface area contributed by atoms with Crippen molar-refractivity contribution in [3.63, 3.8) is 0 Å². The first-order valence-corrected chi connectivity index (χ1v) is 9.52. The van der Waals surface area contributed by atoms with Crippen molar-refractivity contribution in [2.45, 2.75) is 33.2 Å². The van der Waals surface area contributed by atoms with Crippen molar-refractivity contribution < 1.29 is 4.79 Å². The number of aromatic amines is 1. The van der Waals surface area contributed by atoms with Gasteiger partial charge in [-0.1, -0.05) is 20.8 Å². The Hall–Kier alpha value is -2.15. The van der Waals surface area contributed by atoms with E-state index in [2.05, 4.69) is 20.3 Å². The average molecular weight is 360 g/mol. The summed E-state index contributed by atoms with van der Waals surface area (Å²) in [6.07, 6.45) is 6.02. The van der Waals surface area contributed by atoms with Crippen molar-refractivity contribution in [3.05, 3.63) is 46.6 Å². The van der Waals surface area contributed by atoms with Crippen LogP contribution in [-0.4, -0.2) is 32.9 Å². The van der Waals surface area contributed by atoms with E-state index in [1.54, 1.807) is 30.2 Å². The van der Waals surface area contributed by atoms with E-state index in [1.165, 1.54) is 6.07 Å². The van der Waals surface area contributed by atoms with Crippen LogP contribution in [0.3, 0.4) is 0 Å². The standard InChI is InChI=1S/C18H24N4O2S/c1-18(2,3)17(24)21-13(7-9-25-4)14-10-15(23)22-16(20-14)12-6-5-8-19-11-12/h5-6,8,10-11,13H,7,9H2,1-4H3,(H,21,24)(H,20,22,23)/t13-/m0/s1. The second-order valence-corrected chi connectivity index (χ2v) is 7.80. The number of carbonyl (C=O) groups excluding carboxylic acids is 1. The summed E-state index contributed by atoms with van der Waals surface area (Å²) in [5, 5.41) is 3.03. The number of hydrogen-bond donors (Lipinski definition) is 2. The molecule has 0 aliphatic heterocycles. The van der Waals surface area contributed by atoms with Crippen LogP contribution >= 0.6 is 11.8 Å². The highest BCUT2D eigenvalue weighted by molar-refractivity contribution is 7.98. The van der Waals surface area contributed by atoms with Crippen LogP contribution in [0, 0.1) is 5.41 Å². The Kier molecular flexibility index (Phi) is 6.36. The number of amides is 1. The number of aromatic nitrogens is 3. The fourth-order valence-electron chi connectivity index (χ4n) is 2.20. The molecule has 0 aliphatic carbocycles. The van der Waals surface area contributed by atoms with Crippen LogP contribution in [0.25, 0.3) is 11.4 Å². The lowest BCUT2D eigenvalue weighted by atomic mass is 9.94. The molecule has 25 heavy (non-hydrogen) atoms. The minimum atomic E-state index is -0.509. The molecule has 2 heterocycles. The number of nitrogens with one attached hydrogen (secondary N) is 2. The summed E-state index contributed by atoms with van der Waals surface area (Å²) in [6, 6.07) is 4.76. The van der Waals surface area contributed by atoms with Crippen LogP contribution in [0.4, 0.5) is 0 Å². The molecule has 0 aromatic carbocycles. The van der Waals surface area contributed by atoms with Gasteiger partial charge in [0.2, 0.25) is 5.91 Å². The lowest BCUT2D eigenvalue weighted by Gasteiger charge is -2.24. The minimum absolute atomic E-state index is 0.0661. The quantitative estimate of drug-likeness (QED) is 0.827. The Balaban J connectivity index is 2.38. The van der Waals surface area contributed by atoms with Crippen LogP contribution < -0.4 is 10.9 Å². The van der Waals surface area contributed by atoms with Gasteiger partial charge in [0.05, 0.1) is 11.7 Å². The highest BCUT2D eigenvalue weighted by Gasteiger charge is 2.25. The number of pyridine rings is 1. The van der Waals surface area contributed by atoms with Gasteiger partial charge in [0.25, 0.3) is 5.56 Å². The molecule has 0 bridgehead atoms. The van der Waals surface area contributed by atoms with E-state index in [1.807, 2.05) is 33.1 Å². The van der Waals surface area contributed by atoms with Gasteiger partial charge in [-0.3, -0.25) is 14.6 Å². The van der Waals surface area contributed by atoms with E-state index < -0.39 is 5.41 Å². The van der Waals surface area contributed by atoms with E-state index >= 15 is 0 Å². The maximum Gasteiger partial charge on any atom is 0.251 e. The first-order valence-electron chi connectivity index (χ1n) is 8.13. The van der Waals surface area contributed by atoms with Gasteiger partial charge in [-0.15, -0.1) is 0 Å². The zero-order chi connectivity index (χ0) is 18.4. The fraction of sp³-hybridized carbons (Fsp3) is 0.444. The molecule has 7 heteroatoms. The van der Waals surface area contributed by atoms with Gasteiger partial charge < -0.3 is 10.3 Å². The summed E-state index contributed by atoms with van der Waals surface area (Å²) < 4.78 is 0. The topological polar surface area (TPSA) is 87.7 Å². The highest BCUT2D eigenvalue weighted by atomic mass is 32.2. The zero-order valence-electron chi connectivity index (χ0n) is 15.0. The maximum atomic E-state index is 12.4. The van der Waals surface area contributed by atoms with Crippen LogP contribution in [-0.2, 0) is 4.79 Å². The summed E-state index contributed by atoms with van der Waals surface area (Å²) >= 11 is 1.69. The summed E-state index contributed by atoms with van der Waals surface area (Å²) in [7, 11) is 0. The van der Waals surface area contributed by atoms with Crippen molar-refractivity contribution in [1.82, 2.24) is 20.3 Å². The Bertz CT molecular complexity index is 769. The number of hydrogen-bond acceptors (Lipinski definition) is 5. The molecular formula is C18H24N4O2S. The van der Waals surface area contributed by atoms with Gasteiger partial charge in [0.15, 0.2) is 0 Å². The van der Waals surface area contributed by atoms with Crippen molar-refractivity contribution in [2.24, 2.45) is 5.41 Å². The fourth-order valence-corrected chi connectivity index (χ4v) is 2.67. The van der Waals surface area contributed by atoms with Crippen LogP contribution in [0.1, 0.15) is 38.9 Å². The third kappa shape index (κ3) is 5.42. The number of H-pyrrole nitrogens is 1. The monoisotopic (exact) mass is 360 g/mol. The van der Waals surface area contributed by atoms with Crippen molar-refractivity contribution in [3.8, 4) is 11.4 Å². The van der Waals surface area contributed by atoms with E-state index in [0.717, 1.165) is 11.3 Å². The number of carbonyl (C=O) groups is 1. The minimum Gasteiger partial charge on any atom is -0.347 e. The van der Waals surface area contributed by atoms with Crippen molar-refractivity contribution >= 4 is 17.7 Å². The molecule has 1 atom stereocenters. The molecule has 2 aromatic rings. The van der Waals surface area contributed by atoms with E-state index in [9.17, 15) is 9.59 Å². The van der Waals surface area contributed by atoms with Gasteiger partial charge in [-0.05, 0) is 30.6 Å². The van der Waals surface area contributed by atoms with E-state index in [4.69, 9.17) is 0 Å². The predicted molar refractivity (Wildman–Crippen MR) is 101 cm³/mol. The number of rotatable bonds is 6. The van der Waals surface area contributed by atoms with Gasteiger partial charge in [-0.2, -0.15) is 11.8 Å². The number of nitrogens with zero attached hydrogens (tertiary/aromatic N) is 2.